The maximum absolute atomic E-state index is 12.6. The molecule has 92 valence electrons. The van der Waals surface area contributed by atoms with E-state index in [1.165, 1.54) is 12.1 Å². The van der Waals surface area contributed by atoms with Gasteiger partial charge in [-0.15, -0.1) is 0 Å². The number of rotatable bonds is 2. The van der Waals surface area contributed by atoms with E-state index in [2.05, 4.69) is 20.3 Å². The van der Waals surface area contributed by atoms with Crippen molar-refractivity contribution >= 4 is 34.9 Å². The van der Waals surface area contributed by atoms with Crippen molar-refractivity contribution in [2.45, 2.75) is 0 Å². The van der Waals surface area contributed by atoms with Crippen LogP contribution in [0, 0.1) is 5.82 Å². The number of carbonyl (C=O) groups is 1. The van der Waals surface area contributed by atoms with Crippen LogP contribution < -0.4 is 5.32 Å². The van der Waals surface area contributed by atoms with Crippen LogP contribution in [0.4, 0.5) is 10.2 Å². The fraction of sp³-hybridized carbons (Fsp3) is 0. The Morgan fingerprint density at radius 1 is 1.28 bits per heavy atom. The molecule has 0 unspecified atom stereocenters. The highest BCUT2D eigenvalue weighted by molar-refractivity contribution is 6.32. The van der Waals surface area contributed by atoms with E-state index in [-0.39, 0.29) is 21.9 Å². The second-order valence-electron chi connectivity index (χ2n) is 3.16. The maximum atomic E-state index is 12.6. The quantitative estimate of drug-likeness (QED) is 0.681. The lowest BCUT2D eigenvalue weighted by Gasteiger charge is -2.04. The van der Waals surface area contributed by atoms with Gasteiger partial charge in [0.1, 0.15) is 22.5 Å². The Kier molecular flexibility index (Phi) is 3.69. The Morgan fingerprint density at radius 3 is 2.67 bits per heavy atom. The first-order valence-corrected chi connectivity index (χ1v) is 5.43. The van der Waals surface area contributed by atoms with Gasteiger partial charge in [0.2, 0.25) is 5.28 Å². The van der Waals surface area contributed by atoms with Crippen molar-refractivity contribution in [1.82, 2.24) is 15.0 Å². The Balaban J connectivity index is 2.18. The molecule has 0 bridgehead atoms. The van der Waals surface area contributed by atoms with Crippen molar-refractivity contribution in [3.8, 4) is 0 Å². The van der Waals surface area contributed by atoms with Crippen LogP contribution in [-0.2, 0) is 0 Å². The third-order valence-corrected chi connectivity index (χ3v) is 2.23. The molecule has 0 saturated heterocycles. The molecule has 0 aliphatic heterocycles. The Labute approximate surface area is 111 Å². The fourth-order valence-electron chi connectivity index (χ4n) is 1.14. The summed E-state index contributed by atoms with van der Waals surface area (Å²) in [6, 6.07) is 3.70. The number of halogens is 3. The minimum Gasteiger partial charge on any atom is -0.305 e. The molecule has 0 aromatic carbocycles. The molecule has 8 heteroatoms. The first-order valence-electron chi connectivity index (χ1n) is 4.67. The lowest BCUT2D eigenvalue weighted by Crippen LogP contribution is -2.14. The van der Waals surface area contributed by atoms with E-state index in [0.717, 1.165) is 12.3 Å². The summed E-state index contributed by atoms with van der Waals surface area (Å²) in [5, 5.41) is 2.42. The van der Waals surface area contributed by atoms with E-state index in [4.69, 9.17) is 23.2 Å². The highest BCUT2D eigenvalue weighted by Gasteiger charge is 2.10. The van der Waals surface area contributed by atoms with Gasteiger partial charge in [-0.25, -0.2) is 19.3 Å². The van der Waals surface area contributed by atoms with E-state index < -0.39 is 11.7 Å². The SMILES string of the molecule is O=C(Nc1cc(Cl)nc(Cl)n1)c1ccc(F)cn1. The first-order chi connectivity index (χ1) is 8.54. The Bertz CT molecular complexity index is 571. The molecular weight excluding hydrogens is 282 g/mol. The van der Waals surface area contributed by atoms with Crippen LogP contribution in [0.1, 0.15) is 10.5 Å². The lowest BCUT2D eigenvalue weighted by molar-refractivity contribution is 0.102. The molecule has 0 aliphatic rings. The molecule has 2 aromatic heterocycles. The largest absolute Gasteiger partial charge is 0.305 e. The summed E-state index contributed by atoms with van der Waals surface area (Å²) in [7, 11) is 0. The zero-order chi connectivity index (χ0) is 13.1. The highest BCUT2D eigenvalue weighted by atomic mass is 35.5. The van der Waals surface area contributed by atoms with E-state index in [9.17, 15) is 9.18 Å². The molecule has 18 heavy (non-hydrogen) atoms. The third-order valence-electron chi connectivity index (χ3n) is 1.87. The smallest absolute Gasteiger partial charge is 0.275 e. The normalized spacial score (nSPS) is 10.2. The number of hydrogen-bond acceptors (Lipinski definition) is 4. The van der Waals surface area contributed by atoms with Crippen LogP contribution in [0.2, 0.25) is 10.4 Å². The third kappa shape index (κ3) is 3.12. The molecule has 1 N–H and O–H groups in total. The lowest BCUT2D eigenvalue weighted by atomic mass is 10.3. The van der Waals surface area contributed by atoms with Crippen LogP contribution >= 0.6 is 23.2 Å². The van der Waals surface area contributed by atoms with Gasteiger partial charge in [0, 0.05) is 6.07 Å². The summed E-state index contributed by atoms with van der Waals surface area (Å²) in [6.07, 6.45) is 0.939. The zero-order valence-electron chi connectivity index (χ0n) is 8.69. The van der Waals surface area contributed by atoms with E-state index in [1.54, 1.807) is 0 Å². The summed E-state index contributed by atoms with van der Waals surface area (Å²) in [6.45, 7) is 0. The summed E-state index contributed by atoms with van der Waals surface area (Å²) >= 11 is 11.2. The van der Waals surface area contributed by atoms with Gasteiger partial charge < -0.3 is 5.32 Å². The molecule has 0 spiro atoms. The van der Waals surface area contributed by atoms with Crippen LogP contribution in [0.3, 0.4) is 0 Å². The number of amides is 1. The monoisotopic (exact) mass is 286 g/mol. The van der Waals surface area contributed by atoms with Crippen molar-refractivity contribution in [2.75, 3.05) is 5.32 Å². The van der Waals surface area contributed by atoms with Crippen molar-refractivity contribution in [1.29, 1.82) is 0 Å². The number of anilines is 1. The Morgan fingerprint density at radius 2 is 2.06 bits per heavy atom. The molecule has 2 aromatic rings. The standard InChI is InChI=1S/C10H5Cl2FN4O/c11-7-3-8(17-10(12)15-7)16-9(18)6-2-1-5(13)4-14-6/h1-4H,(H,15,16,17,18). The summed E-state index contributed by atoms with van der Waals surface area (Å²) < 4.78 is 12.6. The molecule has 5 nitrogen and oxygen atoms in total. The average Bonchev–Trinajstić information content (AvgIpc) is 2.28. The molecule has 1 amide bonds. The predicted molar refractivity (Wildman–Crippen MR) is 64.2 cm³/mol. The average molecular weight is 287 g/mol. The minimum absolute atomic E-state index is 0.0438. The second-order valence-corrected chi connectivity index (χ2v) is 3.89. The number of carbonyl (C=O) groups excluding carboxylic acids is 1. The molecule has 2 heterocycles. The molecule has 0 radical (unpaired) electrons. The summed E-state index contributed by atoms with van der Waals surface area (Å²) in [5.41, 5.74) is 0.0438. The van der Waals surface area contributed by atoms with E-state index >= 15 is 0 Å². The zero-order valence-corrected chi connectivity index (χ0v) is 10.2. The van der Waals surface area contributed by atoms with E-state index in [1.807, 2.05) is 0 Å². The molecule has 0 saturated carbocycles. The van der Waals surface area contributed by atoms with Gasteiger partial charge in [0.05, 0.1) is 6.20 Å². The van der Waals surface area contributed by atoms with Crippen LogP contribution in [-0.4, -0.2) is 20.9 Å². The molecular formula is C10H5Cl2FN4O. The molecule has 0 atom stereocenters. The number of aromatic nitrogens is 3. The van der Waals surface area contributed by atoms with E-state index in [0.29, 0.717) is 0 Å². The molecule has 2 rings (SSSR count). The van der Waals surface area contributed by atoms with Crippen LogP contribution in [0.25, 0.3) is 0 Å². The molecule has 0 aliphatic carbocycles. The fourth-order valence-corrected chi connectivity index (χ4v) is 1.55. The van der Waals surface area contributed by atoms with Gasteiger partial charge in [0.15, 0.2) is 0 Å². The number of hydrogen-bond donors (Lipinski definition) is 1. The van der Waals surface area contributed by atoms with Crippen molar-refractivity contribution < 1.29 is 9.18 Å². The van der Waals surface area contributed by atoms with Crippen molar-refractivity contribution in [3.05, 3.63) is 46.3 Å². The summed E-state index contributed by atoms with van der Waals surface area (Å²) in [5.74, 6) is -0.948. The van der Waals surface area contributed by atoms with Gasteiger partial charge >= 0.3 is 0 Å². The summed E-state index contributed by atoms with van der Waals surface area (Å²) in [4.78, 5) is 22.7. The number of nitrogens with zero attached hydrogens (tertiary/aromatic N) is 3. The van der Waals surface area contributed by atoms with Gasteiger partial charge in [-0.1, -0.05) is 11.6 Å². The highest BCUT2D eigenvalue weighted by Crippen LogP contribution is 2.14. The maximum Gasteiger partial charge on any atom is 0.275 e. The van der Waals surface area contributed by atoms with Crippen LogP contribution in [0.15, 0.2) is 24.4 Å². The van der Waals surface area contributed by atoms with Gasteiger partial charge in [-0.05, 0) is 23.7 Å². The topological polar surface area (TPSA) is 67.8 Å². The van der Waals surface area contributed by atoms with Gasteiger partial charge in [-0.3, -0.25) is 4.79 Å². The number of nitrogens with one attached hydrogen (secondary N) is 1. The minimum atomic E-state index is -0.555. The van der Waals surface area contributed by atoms with Crippen LogP contribution in [0.5, 0.6) is 0 Å². The van der Waals surface area contributed by atoms with Crippen molar-refractivity contribution in [3.63, 3.8) is 0 Å². The van der Waals surface area contributed by atoms with Gasteiger partial charge in [0.25, 0.3) is 5.91 Å². The Hall–Kier alpha value is -1.79. The van der Waals surface area contributed by atoms with Crippen molar-refractivity contribution in [2.24, 2.45) is 0 Å². The van der Waals surface area contributed by atoms with Gasteiger partial charge in [-0.2, -0.15) is 0 Å². The second kappa shape index (κ2) is 5.24. The molecule has 0 fully saturated rings. The predicted octanol–water partition coefficient (Wildman–Crippen LogP) is 2.57. The first kappa shape index (κ1) is 12.7. The number of pyridine rings is 1.